The van der Waals surface area contributed by atoms with Crippen LogP contribution in [0.3, 0.4) is 0 Å². The van der Waals surface area contributed by atoms with E-state index in [0.717, 1.165) is 0 Å². The van der Waals surface area contributed by atoms with Crippen LogP contribution in [-0.2, 0) is 0 Å². The fourth-order valence-corrected chi connectivity index (χ4v) is 1.28. The van der Waals surface area contributed by atoms with Crippen molar-refractivity contribution in [3.8, 4) is 0 Å². The van der Waals surface area contributed by atoms with Crippen LogP contribution in [0.4, 0.5) is 0 Å². The SMILES string of the molecule is CCCCC1=CCC(C)=C1.[LiH]. The summed E-state index contributed by atoms with van der Waals surface area (Å²) in [6, 6.07) is 0. The molecule has 0 atom stereocenters. The molecule has 0 unspecified atom stereocenters. The van der Waals surface area contributed by atoms with Gasteiger partial charge >= 0.3 is 18.9 Å². The van der Waals surface area contributed by atoms with Gasteiger partial charge in [0.15, 0.2) is 0 Å². The molecule has 0 fully saturated rings. The first-order valence-electron chi connectivity index (χ1n) is 4.19. The first-order valence-corrected chi connectivity index (χ1v) is 4.19. The maximum atomic E-state index is 2.35. The monoisotopic (exact) mass is 144 g/mol. The van der Waals surface area contributed by atoms with Gasteiger partial charge in [-0.1, -0.05) is 36.6 Å². The Bertz CT molecular complexity index is 166. The molecule has 0 radical (unpaired) electrons. The van der Waals surface area contributed by atoms with E-state index >= 15 is 0 Å². The zero-order valence-corrected chi connectivity index (χ0v) is 6.98. The molecule has 0 spiro atoms. The third-order valence-electron chi connectivity index (χ3n) is 1.94. The zero-order chi connectivity index (χ0) is 7.40. The van der Waals surface area contributed by atoms with Crippen LogP contribution in [0.1, 0.15) is 39.5 Å². The summed E-state index contributed by atoms with van der Waals surface area (Å²) in [6.45, 7) is 4.45. The predicted octanol–water partition coefficient (Wildman–Crippen LogP) is 2.80. The fraction of sp³-hybridized carbons (Fsp3) is 0.600. The third-order valence-corrected chi connectivity index (χ3v) is 1.94. The van der Waals surface area contributed by atoms with Crippen LogP contribution in [0.5, 0.6) is 0 Å². The summed E-state index contributed by atoms with van der Waals surface area (Å²) in [5.41, 5.74) is 3.07. The van der Waals surface area contributed by atoms with E-state index in [2.05, 4.69) is 26.0 Å². The second kappa shape index (κ2) is 5.69. The Morgan fingerprint density at radius 3 is 2.64 bits per heavy atom. The first kappa shape index (κ1) is 11.1. The van der Waals surface area contributed by atoms with Crippen molar-refractivity contribution in [3.63, 3.8) is 0 Å². The Hall–Kier alpha value is 0.0774. The molecule has 0 aromatic heterocycles. The van der Waals surface area contributed by atoms with Crippen molar-refractivity contribution in [1.29, 1.82) is 0 Å². The predicted molar refractivity (Wildman–Crippen MR) is 53.1 cm³/mol. The van der Waals surface area contributed by atoms with Crippen molar-refractivity contribution in [2.75, 3.05) is 0 Å². The van der Waals surface area contributed by atoms with Crippen LogP contribution in [-0.4, -0.2) is 18.9 Å². The van der Waals surface area contributed by atoms with Gasteiger partial charge in [-0.15, -0.1) is 0 Å². The Labute approximate surface area is 81.9 Å². The Morgan fingerprint density at radius 1 is 1.45 bits per heavy atom. The maximum absolute atomic E-state index is 2.35. The molecule has 0 aliphatic heterocycles. The van der Waals surface area contributed by atoms with Crippen LogP contribution in [0.2, 0.25) is 0 Å². The number of hydrogen-bond donors (Lipinski definition) is 0. The molecule has 0 heterocycles. The van der Waals surface area contributed by atoms with E-state index in [-0.39, 0.29) is 18.9 Å². The average Bonchev–Trinajstić information content (AvgIpc) is 2.31. The van der Waals surface area contributed by atoms with Crippen molar-refractivity contribution in [3.05, 3.63) is 23.3 Å². The third kappa shape index (κ3) is 3.84. The van der Waals surface area contributed by atoms with Gasteiger partial charge in [-0.3, -0.25) is 0 Å². The molecule has 0 aromatic carbocycles. The second-order valence-corrected chi connectivity index (χ2v) is 3.08. The van der Waals surface area contributed by atoms with Crippen molar-refractivity contribution in [2.24, 2.45) is 0 Å². The summed E-state index contributed by atoms with van der Waals surface area (Å²) in [4.78, 5) is 0. The number of unbranched alkanes of at least 4 members (excludes halogenated alkanes) is 1. The molecular formula is C10H17Li. The van der Waals surface area contributed by atoms with Crippen LogP contribution >= 0.6 is 0 Å². The minimum atomic E-state index is 0. The van der Waals surface area contributed by atoms with Crippen molar-refractivity contribution >= 4 is 18.9 Å². The van der Waals surface area contributed by atoms with E-state index in [1.807, 2.05) is 0 Å². The van der Waals surface area contributed by atoms with Gasteiger partial charge in [-0.2, -0.15) is 0 Å². The number of allylic oxidation sites excluding steroid dienone is 4. The van der Waals surface area contributed by atoms with E-state index in [4.69, 9.17) is 0 Å². The molecule has 1 heteroatoms. The summed E-state index contributed by atoms with van der Waals surface area (Å²) < 4.78 is 0. The second-order valence-electron chi connectivity index (χ2n) is 3.08. The molecule has 58 valence electrons. The average molecular weight is 144 g/mol. The van der Waals surface area contributed by atoms with Crippen molar-refractivity contribution in [1.82, 2.24) is 0 Å². The zero-order valence-electron chi connectivity index (χ0n) is 6.98. The van der Waals surface area contributed by atoms with E-state index < -0.39 is 0 Å². The fourth-order valence-electron chi connectivity index (χ4n) is 1.28. The van der Waals surface area contributed by atoms with Gasteiger partial charge in [0.1, 0.15) is 0 Å². The molecule has 0 amide bonds. The van der Waals surface area contributed by atoms with Gasteiger partial charge in [-0.05, 0) is 26.2 Å². The van der Waals surface area contributed by atoms with Crippen LogP contribution < -0.4 is 0 Å². The van der Waals surface area contributed by atoms with Crippen molar-refractivity contribution < 1.29 is 0 Å². The van der Waals surface area contributed by atoms with Crippen molar-refractivity contribution in [2.45, 2.75) is 39.5 Å². The van der Waals surface area contributed by atoms with Gasteiger partial charge < -0.3 is 0 Å². The quantitative estimate of drug-likeness (QED) is 0.534. The normalized spacial score (nSPS) is 15.5. The van der Waals surface area contributed by atoms with Gasteiger partial charge in [0.05, 0.1) is 0 Å². The Balaban J connectivity index is 0.000001000. The van der Waals surface area contributed by atoms with Gasteiger partial charge in [0.25, 0.3) is 0 Å². The molecule has 1 aliphatic rings. The molecular weight excluding hydrogens is 127 g/mol. The van der Waals surface area contributed by atoms with Crippen LogP contribution in [0, 0.1) is 0 Å². The van der Waals surface area contributed by atoms with Gasteiger partial charge in [0, 0.05) is 0 Å². The van der Waals surface area contributed by atoms with Crippen LogP contribution in [0.15, 0.2) is 23.3 Å². The molecule has 0 nitrogen and oxygen atoms in total. The van der Waals surface area contributed by atoms with E-state index in [9.17, 15) is 0 Å². The van der Waals surface area contributed by atoms with Gasteiger partial charge in [-0.25, -0.2) is 0 Å². The van der Waals surface area contributed by atoms with E-state index in [1.165, 1.54) is 31.3 Å². The Morgan fingerprint density at radius 2 is 2.18 bits per heavy atom. The minimum absolute atomic E-state index is 0. The van der Waals surface area contributed by atoms with Crippen LogP contribution in [0.25, 0.3) is 0 Å². The first-order chi connectivity index (χ1) is 4.83. The van der Waals surface area contributed by atoms with E-state index in [0.29, 0.717) is 0 Å². The van der Waals surface area contributed by atoms with E-state index in [1.54, 1.807) is 5.57 Å². The molecule has 1 rings (SSSR count). The molecule has 0 N–H and O–H groups in total. The molecule has 0 bridgehead atoms. The Kier molecular flexibility index (Phi) is 5.73. The topological polar surface area (TPSA) is 0 Å². The molecule has 0 saturated heterocycles. The number of hydrogen-bond acceptors (Lipinski definition) is 0. The summed E-state index contributed by atoms with van der Waals surface area (Å²) in [6.07, 6.45) is 9.81. The molecule has 1 aliphatic carbocycles. The summed E-state index contributed by atoms with van der Waals surface area (Å²) in [5.74, 6) is 0. The molecule has 11 heavy (non-hydrogen) atoms. The summed E-state index contributed by atoms with van der Waals surface area (Å²) >= 11 is 0. The van der Waals surface area contributed by atoms with Gasteiger partial charge in [0.2, 0.25) is 0 Å². The standard InChI is InChI=1S/C10H16.Li.H/c1-3-4-5-10-7-6-9(2)8-10;;/h7-8H,3-6H2,1-2H3;;. The molecule has 0 aromatic rings. The molecule has 0 saturated carbocycles. The summed E-state index contributed by atoms with van der Waals surface area (Å²) in [5, 5.41) is 0. The number of rotatable bonds is 3. The summed E-state index contributed by atoms with van der Waals surface area (Å²) in [7, 11) is 0.